The summed E-state index contributed by atoms with van der Waals surface area (Å²) in [6.45, 7) is 4.26. The Bertz CT molecular complexity index is 477. The molecule has 6 nitrogen and oxygen atoms in total. The van der Waals surface area contributed by atoms with Gasteiger partial charge in [-0.15, -0.1) is 0 Å². The number of ether oxygens (including phenoxy) is 2. The van der Waals surface area contributed by atoms with Crippen LogP contribution in [0, 0.1) is 0 Å². The number of nitrogen functional groups attached to an aromatic ring is 1. The first-order valence-corrected chi connectivity index (χ1v) is 6.86. The standard InChI is InChI=1S/C14H21N3O3/c1-3-20-11-5-4-6-17(9-11)13-12(14(18)19-2)7-10(15)8-16-13/h7-8,11H,3-6,9,15H2,1-2H3. The van der Waals surface area contributed by atoms with Gasteiger partial charge in [0.05, 0.1) is 25.1 Å². The molecular weight excluding hydrogens is 258 g/mol. The van der Waals surface area contributed by atoms with Gasteiger partial charge in [-0.3, -0.25) is 0 Å². The number of aromatic nitrogens is 1. The van der Waals surface area contributed by atoms with E-state index >= 15 is 0 Å². The zero-order valence-electron chi connectivity index (χ0n) is 12.0. The van der Waals surface area contributed by atoms with Crippen LogP contribution in [0.3, 0.4) is 0 Å². The van der Waals surface area contributed by atoms with E-state index in [2.05, 4.69) is 9.88 Å². The van der Waals surface area contributed by atoms with Gasteiger partial charge in [0.15, 0.2) is 0 Å². The van der Waals surface area contributed by atoms with E-state index < -0.39 is 5.97 Å². The first kappa shape index (κ1) is 14.6. The van der Waals surface area contributed by atoms with Crippen LogP contribution in [0.4, 0.5) is 11.5 Å². The summed E-state index contributed by atoms with van der Waals surface area (Å²) in [4.78, 5) is 18.2. The number of hydrogen-bond donors (Lipinski definition) is 1. The highest BCUT2D eigenvalue weighted by molar-refractivity contribution is 5.95. The Hall–Kier alpha value is -1.82. The molecule has 1 unspecified atom stereocenters. The van der Waals surface area contributed by atoms with Crippen LogP contribution in [0.25, 0.3) is 0 Å². The summed E-state index contributed by atoms with van der Waals surface area (Å²) in [7, 11) is 1.36. The molecule has 0 saturated carbocycles. The van der Waals surface area contributed by atoms with Crippen LogP contribution in [0.1, 0.15) is 30.1 Å². The van der Waals surface area contributed by atoms with Gasteiger partial charge in [0.25, 0.3) is 0 Å². The minimum atomic E-state index is -0.418. The Balaban J connectivity index is 2.25. The Kier molecular flexibility index (Phi) is 4.79. The first-order chi connectivity index (χ1) is 9.65. The second-order valence-corrected chi connectivity index (χ2v) is 4.80. The van der Waals surface area contributed by atoms with Crippen molar-refractivity contribution in [2.24, 2.45) is 0 Å². The number of rotatable bonds is 4. The first-order valence-electron chi connectivity index (χ1n) is 6.86. The predicted octanol–water partition coefficient (Wildman–Crippen LogP) is 1.46. The van der Waals surface area contributed by atoms with Gasteiger partial charge in [0, 0.05) is 19.7 Å². The lowest BCUT2D eigenvalue weighted by Gasteiger charge is -2.34. The third kappa shape index (κ3) is 3.19. The molecule has 0 amide bonds. The monoisotopic (exact) mass is 279 g/mol. The molecule has 1 aliphatic heterocycles. The molecule has 110 valence electrons. The number of anilines is 2. The molecule has 2 rings (SSSR count). The number of carbonyl (C=O) groups is 1. The van der Waals surface area contributed by atoms with Gasteiger partial charge in [0.2, 0.25) is 0 Å². The molecule has 0 spiro atoms. The van der Waals surface area contributed by atoms with Gasteiger partial charge >= 0.3 is 5.97 Å². The van der Waals surface area contributed by atoms with Crippen molar-refractivity contribution >= 4 is 17.5 Å². The van der Waals surface area contributed by atoms with E-state index in [-0.39, 0.29) is 6.10 Å². The lowest BCUT2D eigenvalue weighted by Crippen LogP contribution is -2.41. The summed E-state index contributed by atoms with van der Waals surface area (Å²) in [5.41, 5.74) is 6.57. The Morgan fingerprint density at radius 2 is 2.40 bits per heavy atom. The molecule has 1 aromatic rings. The average molecular weight is 279 g/mol. The molecule has 1 aliphatic rings. The summed E-state index contributed by atoms with van der Waals surface area (Å²) in [5.74, 6) is 0.203. The van der Waals surface area contributed by atoms with Crippen LogP contribution < -0.4 is 10.6 Å². The molecule has 2 heterocycles. The lowest BCUT2D eigenvalue weighted by atomic mass is 10.1. The van der Waals surface area contributed by atoms with Gasteiger partial charge < -0.3 is 20.1 Å². The fraction of sp³-hybridized carbons (Fsp3) is 0.571. The highest BCUT2D eigenvalue weighted by Crippen LogP contribution is 2.25. The van der Waals surface area contributed by atoms with Crippen molar-refractivity contribution in [2.45, 2.75) is 25.9 Å². The van der Waals surface area contributed by atoms with Crippen molar-refractivity contribution < 1.29 is 14.3 Å². The minimum absolute atomic E-state index is 0.179. The Morgan fingerprint density at radius 3 is 3.10 bits per heavy atom. The molecular formula is C14H21N3O3. The van der Waals surface area contributed by atoms with E-state index in [1.54, 1.807) is 12.3 Å². The van der Waals surface area contributed by atoms with Crippen LogP contribution in [0.5, 0.6) is 0 Å². The zero-order chi connectivity index (χ0) is 14.5. The molecule has 0 bridgehead atoms. The van der Waals surface area contributed by atoms with Crippen LogP contribution in [-0.4, -0.2) is 43.9 Å². The Labute approximate surface area is 118 Å². The van der Waals surface area contributed by atoms with E-state index in [4.69, 9.17) is 15.2 Å². The Morgan fingerprint density at radius 1 is 1.60 bits per heavy atom. The van der Waals surface area contributed by atoms with Crippen LogP contribution in [-0.2, 0) is 9.47 Å². The number of esters is 1. The number of nitrogens with two attached hydrogens (primary N) is 1. The van der Waals surface area contributed by atoms with E-state index in [0.717, 1.165) is 25.9 Å². The lowest BCUT2D eigenvalue weighted by molar-refractivity contribution is 0.0519. The highest BCUT2D eigenvalue weighted by atomic mass is 16.5. The smallest absolute Gasteiger partial charge is 0.341 e. The molecule has 0 radical (unpaired) electrons. The number of carbonyl (C=O) groups excluding carboxylic acids is 1. The number of nitrogens with zero attached hydrogens (tertiary/aromatic N) is 2. The maximum atomic E-state index is 11.9. The number of methoxy groups -OCH3 is 1. The van der Waals surface area contributed by atoms with Crippen molar-refractivity contribution in [1.29, 1.82) is 0 Å². The van der Waals surface area contributed by atoms with E-state index in [9.17, 15) is 4.79 Å². The van der Waals surface area contributed by atoms with Gasteiger partial charge in [0.1, 0.15) is 11.4 Å². The van der Waals surface area contributed by atoms with E-state index in [1.165, 1.54) is 7.11 Å². The van der Waals surface area contributed by atoms with Gasteiger partial charge in [-0.1, -0.05) is 0 Å². The predicted molar refractivity (Wildman–Crippen MR) is 76.8 cm³/mol. The molecule has 2 N–H and O–H groups in total. The molecule has 6 heteroatoms. The quantitative estimate of drug-likeness (QED) is 0.841. The van der Waals surface area contributed by atoms with Crippen molar-refractivity contribution in [1.82, 2.24) is 4.98 Å². The fourth-order valence-electron chi connectivity index (χ4n) is 2.49. The SMILES string of the molecule is CCOC1CCCN(c2ncc(N)cc2C(=O)OC)C1. The molecule has 1 atom stereocenters. The maximum Gasteiger partial charge on any atom is 0.341 e. The number of hydrogen-bond acceptors (Lipinski definition) is 6. The normalized spacial score (nSPS) is 18.9. The molecule has 1 fully saturated rings. The van der Waals surface area contributed by atoms with Crippen molar-refractivity contribution in [3.63, 3.8) is 0 Å². The summed E-state index contributed by atoms with van der Waals surface area (Å²) in [5, 5.41) is 0. The van der Waals surface area contributed by atoms with Crippen LogP contribution in [0.15, 0.2) is 12.3 Å². The number of piperidine rings is 1. The maximum absolute atomic E-state index is 11.9. The van der Waals surface area contributed by atoms with Crippen LogP contribution >= 0.6 is 0 Å². The van der Waals surface area contributed by atoms with E-state index in [0.29, 0.717) is 23.7 Å². The van der Waals surface area contributed by atoms with E-state index in [1.807, 2.05) is 6.92 Å². The third-order valence-electron chi connectivity index (χ3n) is 3.37. The van der Waals surface area contributed by atoms with Crippen LogP contribution in [0.2, 0.25) is 0 Å². The molecule has 1 saturated heterocycles. The van der Waals surface area contributed by atoms with Crippen molar-refractivity contribution in [3.05, 3.63) is 17.8 Å². The second-order valence-electron chi connectivity index (χ2n) is 4.80. The largest absolute Gasteiger partial charge is 0.465 e. The van der Waals surface area contributed by atoms with Crippen molar-refractivity contribution in [3.8, 4) is 0 Å². The second kappa shape index (κ2) is 6.56. The molecule has 1 aromatic heterocycles. The summed E-state index contributed by atoms with van der Waals surface area (Å²) in [6, 6.07) is 1.61. The summed E-state index contributed by atoms with van der Waals surface area (Å²) >= 11 is 0. The number of pyridine rings is 1. The topological polar surface area (TPSA) is 77.7 Å². The highest BCUT2D eigenvalue weighted by Gasteiger charge is 2.25. The van der Waals surface area contributed by atoms with Gasteiger partial charge in [-0.25, -0.2) is 9.78 Å². The average Bonchev–Trinajstić information content (AvgIpc) is 2.47. The molecule has 20 heavy (non-hydrogen) atoms. The third-order valence-corrected chi connectivity index (χ3v) is 3.37. The summed E-state index contributed by atoms with van der Waals surface area (Å²) < 4.78 is 10.5. The van der Waals surface area contributed by atoms with Gasteiger partial charge in [-0.2, -0.15) is 0 Å². The zero-order valence-corrected chi connectivity index (χ0v) is 12.0. The fourth-order valence-corrected chi connectivity index (χ4v) is 2.49. The van der Waals surface area contributed by atoms with Gasteiger partial charge in [-0.05, 0) is 25.8 Å². The molecule has 0 aliphatic carbocycles. The minimum Gasteiger partial charge on any atom is -0.465 e. The molecule has 0 aromatic carbocycles. The summed E-state index contributed by atoms with van der Waals surface area (Å²) in [6.07, 6.45) is 3.79. The van der Waals surface area contributed by atoms with Crippen molar-refractivity contribution in [2.75, 3.05) is 37.4 Å².